The lowest BCUT2D eigenvalue weighted by Gasteiger charge is -2.17. The molecule has 0 bridgehead atoms. The second-order valence-corrected chi connectivity index (χ2v) is 7.39. The fourth-order valence-electron chi connectivity index (χ4n) is 3.67. The van der Waals surface area contributed by atoms with E-state index in [4.69, 9.17) is 0 Å². The molecule has 0 saturated heterocycles. The summed E-state index contributed by atoms with van der Waals surface area (Å²) >= 11 is 0. The first kappa shape index (κ1) is 16.6. The monoisotopic (exact) mass is 349 g/mol. The van der Waals surface area contributed by atoms with E-state index in [0.29, 0.717) is 26.2 Å². The Hall–Kier alpha value is -2.82. The van der Waals surface area contributed by atoms with E-state index in [1.807, 2.05) is 54.0 Å². The number of hydrogen-bond donors (Lipinski definition) is 1. The second-order valence-electron chi connectivity index (χ2n) is 7.39. The van der Waals surface area contributed by atoms with E-state index >= 15 is 0 Å². The first-order valence-electron chi connectivity index (χ1n) is 9.04. The van der Waals surface area contributed by atoms with Gasteiger partial charge in [-0.15, -0.1) is 0 Å². The minimum Gasteiger partial charge on any atom is -0.334 e. The van der Waals surface area contributed by atoms with Crippen LogP contribution in [0.15, 0.2) is 42.5 Å². The predicted molar refractivity (Wildman–Crippen MR) is 100 cm³/mol. The quantitative estimate of drug-likeness (QED) is 0.898. The Kier molecular flexibility index (Phi) is 4.15. The second kappa shape index (κ2) is 6.48. The zero-order valence-electron chi connectivity index (χ0n) is 15.2. The molecule has 0 fully saturated rings. The molecule has 2 aromatic carbocycles. The zero-order valence-corrected chi connectivity index (χ0v) is 15.2. The van der Waals surface area contributed by atoms with E-state index in [9.17, 15) is 9.59 Å². The van der Waals surface area contributed by atoms with Gasteiger partial charge in [-0.2, -0.15) is 0 Å². The van der Waals surface area contributed by atoms with Crippen molar-refractivity contribution in [3.05, 3.63) is 64.7 Å². The van der Waals surface area contributed by atoms with Crippen LogP contribution in [0.1, 0.15) is 36.1 Å². The summed E-state index contributed by atoms with van der Waals surface area (Å²) in [6.45, 7) is 6.40. The van der Waals surface area contributed by atoms with Crippen molar-refractivity contribution >= 4 is 17.6 Å². The maximum Gasteiger partial charge on any atom is 0.322 e. The van der Waals surface area contributed by atoms with Gasteiger partial charge in [0.15, 0.2) is 0 Å². The summed E-state index contributed by atoms with van der Waals surface area (Å²) in [4.78, 5) is 28.5. The number of benzene rings is 2. The number of nitrogens with one attached hydrogen (secondary N) is 1. The first-order chi connectivity index (χ1) is 12.5. The number of fused-ring (bicyclic) bond motifs is 2. The molecule has 26 heavy (non-hydrogen) atoms. The molecule has 0 saturated carbocycles. The lowest BCUT2D eigenvalue weighted by Crippen LogP contribution is -2.30. The van der Waals surface area contributed by atoms with Crippen LogP contribution in [0.3, 0.4) is 0 Å². The van der Waals surface area contributed by atoms with Crippen LogP contribution in [0.2, 0.25) is 0 Å². The minimum absolute atomic E-state index is 0.000263. The molecule has 2 heterocycles. The molecule has 0 atom stereocenters. The Morgan fingerprint density at radius 3 is 2.08 bits per heavy atom. The molecule has 5 heteroatoms. The van der Waals surface area contributed by atoms with Crippen molar-refractivity contribution in [2.45, 2.75) is 40.0 Å². The molecular weight excluding hydrogens is 326 g/mol. The third-order valence-corrected chi connectivity index (χ3v) is 5.11. The third-order valence-electron chi connectivity index (χ3n) is 5.11. The molecule has 2 aromatic rings. The minimum atomic E-state index is -0.0886. The van der Waals surface area contributed by atoms with Gasteiger partial charge in [0.25, 0.3) is 0 Å². The average Bonchev–Trinajstić information content (AvgIpc) is 3.24. The van der Waals surface area contributed by atoms with E-state index in [1.165, 1.54) is 11.1 Å². The summed E-state index contributed by atoms with van der Waals surface area (Å²) in [7, 11) is 0. The van der Waals surface area contributed by atoms with Gasteiger partial charge in [-0.3, -0.25) is 4.79 Å². The molecule has 0 radical (unpaired) electrons. The lowest BCUT2D eigenvalue weighted by molar-refractivity contribution is -0.135. The van der Waals surface area contributed by atoms with Gasteiger partial charge in [-0.25, -0.2) is 4.79 Å². The molecule has 134 valence electrons. The van der Waals surface area contributed by atoms with Crippen LogP contribution in [0.5, 0.6) is 0 Å². The Morgan fingerprint density at radius 1 is 0.846 bits per heavy atom. The first-order valence-corrected chi connectivity index (χ1v) is 9.04. The summed E-state index contributed by atoms with van der Waals surface area (Å²) in [6, 6.07) is 14.0. The standard InChI is InChI=1S/C21H23N3O2/c1-14(2)20(25)23-10-17-7-8-19(9-18(17)13-23)22-21(26)24-11-15-5-3-4-6-16(15)12-24/h3-9,14H,10-13H2,1-2H3,(H,22,26). The van der Waals surface area contributed by atoms with E-state index in [1.54, 1.807) is 0 Å². The fourth-order valence-corrected chi connectivity index (χ4v) is 3.67. The van der Waals surface area contributed by atoms with Crippen LogP contribution in [-0.4, -0.2) is 21.7 Å². The SMILES string of the molecule is CC(C)C(=O)N1Cc2ccc(NC(=O)N3Cc4ccccc4C3)cc2C1. The lowest BCUT2D eigenvalue weighted by atomic mass is 10.1. The molecule has 2 aliphatic rings. The maximum atomic E-state index is 12.6. The van der Waals surface area contributed by atoms with Crippen LogP contribution >= 0.6 is 0 Å². The highest BCUT2D eigenvalue weighted by atomic mass is 16.2. The molecular formula is C21H23N3O2. The van der Waals surface area contributed by atoms with Crippen molar-refractivity contribution in [2.24, 2.45) is 5.92 Å². The zero-order chi connectivity index (χ0) is 18.3. The van der Waals surface area contributed by atoms with E-state index in [2.05, 4.69) is 17.4 Å². The highest BCUT2D eigenvalue weighted by Gasteiger charge is 2.26. The summed E-state index contributed by atoms with van der Waals surface area (Å²) in [6.07, 6.45) is 0. The van der Waals surface area contributed by atoms with Crippen LogP contribution in [0.25, 0.3) is 0 Å². The topological polar surface area (TPSA) is 52.7 Å². The largest absolute Gasteiger partial charge is 0.334 e. The molecule has 0 spiro atoms. The Balaban J connectivity index is 1.43. The normalized spacial score (nSPS) is 15.2. The average molecular weight is 349 g/mol. The molecule has 3 amide bonds. The molecule has 0 unspecified atom stereocenters. The van der Waals surface area contributed by atoms with Crippen molar-refractivity contribution in [2.75, 3.05) is 5.32 Å². The molecule has 2 aliphatic heterocycles. The summed E-state index contributed by atoms with van der Waals surface area (Å²) in [5.74, 6) is 0.168. The molecule has 4 rings (SSSR count). The number of carbonyl (C=O) groups is 2. The molecule has 1 N–H and O–H groups in total. The Bertz CT molecular complexity index is 850. The fraction of sp³-hybridized carbons (Fsp3) is 0.333. The van der Waals surface area contributed by atoms with Crippen LogP contribution in [-0.2, 0) is 31.0 Å². The van der Waals surface area contributed by atoms with Crippen LogP contribution < -0.4 is 5.32 Å². The summed E-state index contributed by atoms with van der Waals surface area (Å²) in [5, 5.41) is 3.00. The highest BCUT2D eigenvalue weighted by Crippen LogP contribution is 2.28. The number of hydrogen-bond acceptors (Lipinski definition) is 2. The van der Waals surface area contributed by atoms with Gasteiger partial charge in [0.2, 0.25) is 5.91 Å². The van der Waals surface area contributed by atoms with E-state index in [-0.39, 0.29) is 17.9 Å². The van der Waals surface area contributed by atoms with Gasteiger partial charge < -0.3 is 15.1 Å². The van der Waals surface area contributed by atoms with Gasteiger partial charge >= 0.3 is 6.03 Å². The van der Waals surface area contributed by atoms with E-state index < -0.39 is 0 Å². The van der Waals surface area contributed by atoms with Gasteiger partial charge in [0.1, 0.15) is 0 Å². The van der Waals surface area contributed by atoms with Crippen LogP contribution in [0, 0.1) is 5.92 Å². The number of urea groups is 1. The summed E-state index contributed by atoms with van der Waals surface area (Å²) in [5.41, 5.74) is 5.47. The van der Waals surface area contributed by atoms with Crippen molar-refractivity contribution in [3.63, 3.8) is 0 Å². The number of nitrogens with zero attached hydrogens (tertiary/aromatic N) is 2. The Labute approximate surface area is 153 Å². The predicted octanol–water partition coefficient (Wildman–Crippen LogP) is 3.73. The van der Waals surface area contributed by atoms with Crippen molar-refractivity contribution in [1.82, 2.24) is 9.80 Å². The van der Waals surface area contributed by atoms with Gasteiger partial charge in [-0.05, 0) is 34.4 Å². The molecule has 0 aliphatic carbocycles. The van der Waals surface area contributed by atoms with Gasteiger partial charge in [0.05, 0.1) is 0 Å². The number of anilines is 1. The molecule has 5 nitrogen and oxygen atoms in total. The molecule has 0 aromatic heterocycles. The Morgan fingerprint density at radius 2 is 1.42 bits per heavy atom. The number of rotatable bonds is 2. The smallest absolute Gasteiger partial charge is 0.322 e. The maximum absolute atomic E-state index is 12.6. The third kappa shape index (κ3) is 3.05. The van der Waals surface area contributed by atoms with Crippen molar-refractivity contribution in [3.8, 4) is 0 Å². The van der Waals surface area contributed by atoms with E-state index in [0.717, 1.165) is 16.8 Å². The van der Waals surface area contributed by atoms with Crippen molar-refractivity contribution < 1.29 is 9.59 Å². The van der Waals surface area contributed by atoms with Crippen LogP contribution in [0.4, 0.5) is 10.5 Å². The van der Waals surface area contributed by atoms with Crippen molar-refractivity contribution in [1.29, 1.82) is 0 Å². The highest BCUT2D eigenvalue weighted by molar-refractivity contribution is 5.90. The van der Waals surface area contributed by atoms with Gasteiger partial charge in [0, 0.05) is 37.8 Å². The summed E-state index contributed by atoms with van der Waals surface area (Å²) < 4.78 is 0. The van der Waals surface area contributed by atoms with Gasteiger partial charge in [-0.1, -0.05) is 44.2 Å². The number of carbonyl (C=O) groups excluding carboxylic acids is 2. The number of amides is 3.